The van der Waals surface area contributed by atoms with Crippen molar-refractivity contribution in [1.82, 2.24) is 0 Å². The molecule has 0 spiro atoms. The van der Waals surface area contributed by atoms with Crippen LogP contribution in [0.3, 0.4) is 0 Å². The van der Waals surface area contributed by atoms with E-state index in [1.54, 1.807) is 0 Å². The fourth-order valence-electron chi connectivity index (χ4n) is 3.06. The molecule has 0 radical (unpaired) electrons. The van der Waals surface area contributed by atoms with Crippen LogP contribution < -0.4 is 0 Å². The van der Waals surface area contributed by atoms with Crippen LogP contribution in [0, 0.1) is 5.92 Å². The molecule has 0 N–H and O–H groups in total. The highest BCUT2D eigenvalue weighted by atomic mass is 32.2. The number of hydrogen-bond donors (Lipinski definition) is 0. The van der Waals surface area contributed by atoms with Crippen LogP contribution >= 0.6 is 11.8 Å². The van der Waals surface area contributed by atoms with Gasteiger partial charge in [-0.05, 0) is 32.6 Å². The summed E-state index contributed by atoms with van der Waals surface area (Å²) in [4.78, 5) is 12.2. The second-order valence-electron chi connectivity index (χ2n) is 5.50. The Balaban J connectivity index is 1.60. The maximum absolute atomic E-state index is 12.2. The van der Waals surface area contributed by atoms with Crippen LogP contribution in [-0.4, -0.2) is 42.7 Å². The van der Waals surface area contributed by atoms with Gasteiger partial charge in [0.25, 0.3) is 0 Å². The third kappa shape index (κ3) is 5.09. The standard InChI is InChI=1S/C15H26O3S/c1-2-17-8-9-18-7-6-15(16)12-10-13-4-3-5-14(11-12)19-13/h12-14H,2-11H2,1H3. The minimum absolute atomic E-state index is 0.312. The average molecular weight is 286 g/mol. The fraction of sp³-hybridized carbons (Fsp3) is 0.933. The maximum atomic E-state index is 12.2. The van der Waals surface area contributed by atoms with Gasteiger partial charge in [0, 0.05) is 29.4 Å². The van der Waals surface area contributed by atoms with Gasteiger partial charge in [0.2, 0.25) is 0 Å². The molecule has 0 aliphatic carbocycles. The van der Waals surface area contributed by atoms with Gasteiger partial charge in [-0.25, -0.2) is 0 Å². The normalized spacial score (nSPS) is 30.3. The van der Waals surface area contributed by atoms with E-state index in [0.29, 0.717) is 37.9 Å². The topological polar surface area (TPSA) is 35.5 Å². The number of carbonyl (C=O) groups is 1. The van der Waals surface area contributed by atoms with E-state index >= 15 is 0 Å². The molecular formula is C15H26O3S. The molecule has 0 aromatic rings. The highest BCUT2D eigenvalue weighted by Crippen LogP contribution is 2.44. The van der Waals surface area contributed by atoms with Crippen LogP contribution in [0.5, 0.6) is 0 Å². The molecule has 19 heavy (non-hydrogen) atoms. The number of carbonyl (C=O) groups excluding carboxylic acids is 1. The summed E-state index contributed by atoms with van der Waals surface area (Å²) in [7, 11) is 0. The summed E-state index contributed by atoms with van der Waals surface area (Å²) in [5.41, 5.74) is 0. The molecule has 4 heteroatoms. The minimum atomic E-state index is 0.312. The first-order valence-corrected chi connectivity index (χ1v) is 8.57. The third-order valence-electron chi connectivity index (χ3n) is 4.06. The lowest BCUT2D eigenvalue weighted by Crippen LogP contribution is -2.33. The summed E-state index contributed by atoms with van der Waals surface area (Å²) < 4.78 is 10.6. The Morgan fingerprint density at radius 3 is 2.47 bits per heavy atom. The van der Waals surface area contributed by atoms with Crippen LogP contribution in [0.4, 0.5) is 0 Å². The number of ketones is 1. The van der Waals surface area contributed by atoms with Crippen molar-refractivity contribution in [3.8, 4) is 0 Å². The molecule has 110 valence electrons. The summed E-state index contributed by atoms with van der Waals surface area (Å²) in [6.45, 7) is 4.50. The van der Waals surface area contributed by atoms with Crippen molar-refractivity contribution in [2.45, 2.75) is 55.9 Å². The molecule has 0 saturated carbocycles. The zero-order valence-corrected chi connectivity index (χ0v) is 12.8. The van der Waals surface area contributed by atoms with E-state index in [0.717, 1.165) is 29.9 Å². The molecule has 2 bridgehead atoms. The molecule has 0 aromatic carbocycles. The predicted molar refractivity (Wildman–Crippen MR) is 78.7 cm³/mol. The zero-order chi connectivity index (χ0) is 13.5. The molecule has 2 saturated heterocycles. The van der Waals surface area contributed by atoms with E-state index in [-0.39, 0.29) is 0 Å². The van der Waals surface area contributed by atoms with E-state index < -0.39 is 0 Å². The number of fused-ring (bicyclic) bond motifs is 2. The number of ether oxygens (including phenoxy) is 2. The van der Waals surface area contributed by atoms with Crippen LogP contribution in [0.1, 0.15) is 45.4 Å². The Labute approximate surface area is 120 Å². The molecule has 0 aromatic heterocycles. The summed E-state index contributed by atoms with van der Waals surface area (Å²) in [6, 6.07) is 0. The summed E-state index contributed by atoms with van der Waals surface area (Å²) in [5, 5.41) is 1.50. The Hall–Kier alpha value is -0.0600. The lowest BCUT2D eigenvalue weighted by molar-refractivity contribution is -0.124. The van der Waals surface area contributed by atoms with Crippen molar-refractivity contribution in [2.75, 3.05) is 26.4 Å². The Bertz CT molecular complexity index is 271. The Kier molecular flexibility index (Phi) is 6.68. The monoisotopic (exact) mass is 286 g/mol. The van der Waals surface area contributed by atoms with Gasteiger partial charge in [-0.2, -0.15) is 11.8 Å². The van der Waals surface area contributed by atoms with Gasteiger partial charge in [-0.1, -0.05) is 6.42 Å². The van der Waals surface area contributed by atoms with Crippen molar-refractivity contribution in [2.24, 2.45) is 5.92 Å². The molecule has 2 rings (SSSR count). The largest absolute Gasteiger partial charge is 0.379 e. The predicted octanol–water partition coefficient (Wildman–Crippen LogP) is 3.06. The highest BCUT2D eigenvalue weighted by Gasteiger charge is 2.35. The molecule has 2 atom stereocenters. The fourth-order valence-corrected chi connectivity index (χ4v) is 4.90. The molecule has 2 aliphatic heterocycles. The molecule has 2 unspecified atom stereocenters. The van der Waals surface area contributed by atoms with E-state index in [1.807, 2.05) is 6.92 Å². The van der Waals surface area contributed by atoms with Crippen LogP contribution in [0.25, 0.3) is 0 Å². The third-order valence-corrected chi connectivity index (χ3v) is 5.68. The van der Waals surface area contributed by atoms with Crippen molar-refractivity contribution >= 4 is 17.5 Å². The van der Waals surface area contributed by atoms with Crippen molar-refractivity contribution in [3.63, 3.8) is 0 Å². The van der Waals surface area contributed by atoms with Gasteiger partial charge in [-0.15, -0.1) is 0 Å². The number of thioether (sulfide) groups is 1. The quantitative estimate of drug-likeness (QED) is 0.642. The maximum Gasteiger partial charge on any atom is 0.138 e. The lowest BCUT2D eigenvalue weighted by atomic mass is 9.86. The molecule has 0 amide bonds. The lowest BCUT2D eigenvalue weighted by Gasteiger charge is -2.37. The SMILES string of the molecule is CCOCCOCCC(=O)C1CC2CCCC(C1)S2. The van der Waals surface area contributed by atoms with E-state index in [9.17, 15) is 4.79 Å². The first-order valence-electron chi connectivity index (χ1n) is 7.63. The van der Waals surface area contributed by atoms with Gasteiger partial charge in [0.05, 0.1) is 19.8 Å². The van der Waals surface area contributed by atoms with Crippen LogP contribution in [0.15, 0.2) is 0 Å². The number of Topliss-reactive ketones (excluding diaryl/α,β-unsaturated/α-hetero) is 1. The molecule has 2 aliphatic rings. The minimum Gasteiger partial charge on any atom is -0.379 e. The molecular weight excluding hydrogens is 260 g/mol. The number of hydrogen-bond acceptors (Lipinski definition) is 4. The highest BCUT2D eigenvalue weighted by molar-refractivity contribution is 8.00. The Morgan fingerprint density at radius 2 is 1.79 bits per heavy atom. The first-order chi connectivity index (χ1) is 9.29. The summed E-state index contributed by atoms with van der Waals surface area (Å²) in [6.07, 6.45) is 6.80. The van der Waals surface area contributed by atoms with Gasteiger partial charge in [-0.3, -0.25) is 4.79 Å². The smallest absolute Gasteiger partial charge is 0.138 e. The molecule has 3 nitrogen and oxygen atoms in total. The van der Waals surface area contributed by atoms with Gasteiger partial charge in [0.15, 0.2) is 0 Å². The van der Waals surface area contributed by atoms with Crippen molar-refractivity contribution < 1.29 is 14.3 Å². The zero-order valence-electron chi connectivity index (χ0n) is 11.9. The number of rotatable bonds is 8. The van der Waals surface area contributed by atoms with Crippen molar-refractivity contribution in [1.29, 1.82) is 0 Å². The van der Waals surface area contributed by atoms with Gasteiger partial charge >= 0.3 is 0 Å². The van der Waals surface area contributed by atoms with Gasteiger partial charge < -0.3 is 9.47 Å². The summed E-state index contributed by atoms with van der Waals surface area (Å²) in [5.74, 6) is 0.737. The molecule has 2 fully saturated rings. The van der Waals surface area contributed by atoms with Gasteiger partial charge in [0.1, 0.15) is 5.78 Å². The molecule has 2 heterocycles. The second kappa shape index (κ2) is 8.28. The Morgan fingerprint density at radius 1 is 1.11 bits per heavy atom. The van der Waals surface area contributed by atoms with Crippen LogP contribution in [0.2, 0.25) is 0 Å². The van der Waals surface area contributed by atoms with E-state index in [4.69, 9.17) is 9.47 Å². The van der Waals surface area contributed by atoms with E-state index in [1.165, 1.54) is 19.3 Å². The van der Waals surface area contributed by atoms with Crippen molar-refractivity contribution in [3.05, 3.63) is 0 Å². The average Bonchev–Trinajstić information content (AvgIpc) is 2.42. The van der Waals surface area contributed by atoms with Crippen LogP contribution in [-0.2, 0) is 14.3 Å². The first kappa shape index (κ1) is 15.3. The summed E-state index contributed by atoms with van der Waals surface area (Å²) >= 11 is 2.13. The second-order valence-corrected chi connectivity index (χ2v) is 7.11. The van der Waals surface area contributed by atoms with E-state index in [2.05, 4.69) is 11.8 Å².